The van der Waals surface area contributed by atoms with Crippen molar-refractivity contribution >= 4 is 27.5 Å². The van der Waals surface area contributed by atoms with Gasteiger partial charge in [0.05, 0.1) is 11.7 Å². The van der Waals surface area contributed by atoms with Crippen LogP contribution < -0.4 is 25.1 Å². The van der Waals surface area contributed by atoms with E-state index in [1.54, 1.807) is 31.2 Å². The lowest BCUT2D eigenvalue weighted by Crippen LogP contribution is -2.38. The minimum Gasteiger partial charge on any atom is -0.481 e. The minimum absolute atomic E-state index is 0.111. The topological polar surface area (TPSA) is 91.7 Å². The number of aromatic nitrogens is 2. The van der Waals surface area contributed by atoms with E-state index in [1.165, 1.54) is 22.2 Å². The molecule has 9 heteroatoms. The Morgan fingerprint density at radius 1 is 1.37 bits per heavy atom. The Morgan fingerprint density at radius 2 is 2.22 bits per heavy atom. The average molecular weight is 387 g/mol. The van der Waals surface area contributed by atoms with Crippen LogP contribution in [-0.4, -0.2) is 34.9 Å². The second-order valence-corrected chi connectivity index (χ2v) is 6.84. The third-order valence-electron chi connectivity index (χ3n) is 4.13. The first-order valence-corrected chi connectivity index (χ1v) is 9.26. The van der Waals surface area contributed by atoms with Crippen molar-refractivity contribution in [3.63, 3.8) is 0 Å². The first-order valence-electron chi connectivity index (χ1n) is 8.38. The predicted molar refractivity (Wildman–Crippen MR) is 99.5 cm³/mol. The van der Waals surface area contributed by atoms with Gasteiger partial charge in [0.1, 0.15) is 10.6 Å². The van der Waals surface area contributed by atoms with Crippen LogP contribution in [0.15, 0.2) is 40.8 Å². The number of nitrogens with one attached hydrogen (secondary N) is 1. The highest BCUT2D eigenvalue weighted by Crippen LogP contribution is 2.35. The van der Waals surface area contributed by atoms with Crippen LogP contribution >= 0.6 is 11.3 Å². The van der Waals surface area contributed by atoms with Crippen LogP contribution in [0.3, 0.4) is 0 Å². The molecular weight excluding hydrogens is 370 g/mol. The highest BCUT2D eigenvalue weighted by atomic mass is 32.1. The number of carbonyl (C=O) groups is 1. The van der Waals surface area contributed by atoms with Crippen LogP contribution in [0.2, 0.25) is 0 Å². The van der Waals surface area contributed by atoms with E-state index < -0.39 is 6.10 Å². The Hall–Kier alpha value is -3.07. The van der Waals surface area contributed by atoms with Crippen molar-refractivity contribution in [2.45, 2.75) is 19.6 Å². The van der Waals surface area contributed by atoms with Gasteiger partial charge in [-0.3, -0.25) is 14.2 Å². The molecule has 3 heterocycles. The van der Waals surface area contributed by atoms with Crippen LogP contribution in [0.1, 0.15) is 6.92 Å². The number of nitrogens with zero attached hydrogens (tertiary/aromatic N) is 2. The van der Waals surface area contributed by atoms with E-state index in [9.17, 15) is 9.59 Å². The molecule has 1 amide bonds. The maximum absolute atomic E-state index is 12.3. The number of rotatable bonds is 6. The van der Waals surface area contributed by atoms with Gasteiger partial charge in [0.2, 0.25) is 6.79 Å². The summed E-state index contributed by atoms with van der Waals surface area (Å²) in [6.07, 6.45) is 0.805. The van der Waals surface area contributed by atoms with Gasteiger partial charge in [-0.25, -0.2) is 4.98 Å². The maximum atomic E-state index is 12.3. The first kappa shape index (κ1) is 17.3. The number of hydrogen-bond acceptors (Lipinski definition) is 7. The third kappa shape index (κ3) is 3.59. The van der Waals surface area contributed by atoms with E-state index in [2.05, 4.69) is 10.3 Å². The van der Waals surface area contributed by atoms with Gasteiger partial charge >= 0.3 is 0 Å². The highest BCUT2D eigenvalue weighted by molar-refractivity contribution is 7.16. The van der Waals surface area contributed by atoms with Crippen LogP contribution in [0, 0.1) is 0 Å². The summed E-state index contributed by atoms with van der Waals surface area (Å²) >= 11 is 1.42. The molecule has 0 bridgehead atoms. The van der Waals surface area contributed by atoms with Gasteiger partial charge in [-0.05, 0) is 30.5 Å². The average Bonchev–Trinajstić information content (AvgIpc) is 3.32. The zero-order valence-electron chi connectivity index (χ0n) is 14.5. The summed E-state index contributed by atoms with van der Waals surface area (Å²) < 4.78 is 17.7. The van der Waals surface area contributed by atoms with Crippen LogP contribution in [-0.2, 0) is 11.3 Å². The van der Waals surface area contributed by atoms with Gasteiger partial charge < -0.3 is 19.5 Å². The summed E-state index contributed by atoms with van der Waals surface area (Å²) in [7, 11) is 0. The lowest BCUT2D eigenvalue weighted by molar-refractivity contribution is -0.127. The van der Waals surface area contributed by atoms with Crippen molar-refractivity contribution in [3.05, 3.63) is 46.3 Å². The molecular formula is C18H17N3O5S. The molecule has 1 aromatic carbocycles. The second kappa shape index (κ2) is 7.28. The molecule has 8 nitrogen and oxygen atoms in total. The zero-order chi connectivity index (χ0) is 18.8. The molecule has 0 saturated heterocycles. The van der Waals surface area contributed by atoms with Gasteiger partial charge in [-0.2, -0.15) is 0 Å². The normalized spacial score (nSPS) is 13.5. The monoisotopic (exact) mass is 387 g/mol. The fraction of sp³-hybridized carbons (Fsp3) is 0.278. The number of ether oxygens (including phenoxy) is 3. The lowest BCUT2D eigenvalue weighted by Gasteiger charge is -2.15. The van der Waals surface area contributed by atoms with Crippen molar-refractivity contribution in [3.8, 4) is 17.2 Å². The molecule has 0 spiro atoms. The van der Waals surface area contributed by atoms with Crippen LogP contribution in [0.4, 0.5) is 0 Å². The molecule has 0 fully saturated rings. The summed E-state index contributed by atoms with van der Waals surface area (Å²) in [5.41, 5.74) is -0.111. The molecule has 1 atom stereocenters. The summed E-state index contributed by atoms with van der Waals surface area (Å²) in [6, 6.07) is 6.90. The summed E-state index contributed by atoms with van der Waals surface area (Å²) in [5.74, 6) is 1.49. The van der Waals surface area contributed by atoms with E-state index >= 15 is 0 Å². The zero-order valence-corrected chi connectivity index (χ0v) is 15.3. The minimum atomic E-state index is -0.695. The Kier molecular flexibility index (Phi) is 4.68. The molecule has 27 heavy (non-hydrogen) atoms. The SMILES string of the molecule is C[C@@H](Oc1ccc2c(c1)OCO2)C(=O)NCCn1cnc2sccc2c1=O. The van der Waals surface area contributed by atoms with Gasteiger partial charge in [0, 0.05) is 19.2 Å². The summed E-state index contributed by atoms with van der Waals surface area (Å²) in [5, 5.41) is 5.19. The van der Waals surface area contributed by atoms with Gasteiger partial charge in [0.25, 0.3) is 11.5 Å². The van der Waals surface area contributed by atoms with Crippen LogP contribution in [0.25, 0.3) is 10.2 Å². The number of fused-ring (bicyclic) bond motifs is 2. The standard InChI is InChI=1S/C18H17N3O5S/c1-11(26-12-2-3-14-15(8-12)25-10-24-14)16(22)19-5-6-21-9-20-17-13(18(21)23)4-7-27-17/h2-4,7-9,11H,5-6,10H2,1H3,(H,19,22)/t11-/m1/s1. The fourth-order valence-corrected chi connectivity index (χ4v) is 3.43. The molecule has 140 valence electrons. The van der Waals surface area contributed by atoms with Gasteiger partial charge in [-0.1, -0.05) is 0 Å². The van der Waals surface area contributed by atoms with Crippen molar-refractivity contribution in [1.29, 1.82) is 0 Å². The van der Waals surface area contributed by atoms with Crippen LogP contribution in [0.5, 0.6) is 17.2 Å². The second-order valence-electron chi connectivity index (χ2n) is 5.95. The van der Waals surface area contributed by atoms with Crippen molar-refractivity contribution in [1.82, 2.24) is 14.9 Å². The molecule has 2 aromatic heterocycles. The molecule has 1 N–H and O–H groups in total. The van der Waals surface area contributed by atoms with E-state index in [0.717, 1.165) is 0 Å². The molecule has 3 aromatic rings. The fourth-order valence-electron chi connectivity index (χ4n) is 2.70. The Balaban J connectivity index is 1.32. The number of benzene rings is 1. The number of thiophene rings is 1. The largest absolute Gasteiger partial charge is 0.481 e. The summed E-state index contributed by atoms with van der Waals surface area (Å²) in [4.78, 5) is 29.5. The van der Waals surface area contributed by atoms with Gasteiger partial charge in [-0.15, -0.1) is 11.3 Å². The van der Waals surface area contributed by atoms with E-state index in [0.29, 0.717) is 40.6 Å². The van der Waals surface area contributed by atoms with E-state index in [4.69, 9.17) is 14.2 Å². The van der Waals surface area contributed by atoms with Gasteiger partial charge in [0.15, 0.2) is 17.6 Å². The molecule has 0 radical (unpaired) electrons. The van der Waals surface area contributed by atoms with Crippen molar-refractivity contribution in [2.24, 2.45) is 0 Å². The summed E-state index contributed by atoms with van der Waals surface area (Å²) in [6.45, 7) is 2.47. The smallest absolute Gasteiger partial charge is 0.262 e. The Labute approximate surface area is 158 Å². The van der Waals surface area contributed by atoms with Crippen molar-refractivity contribution in [2.75, 3.05) is 13.3 Å². The first-order chi connectivity index (χ1) is 13.1. The molecule has 1 aliphatic heterocycles. The highest BCUT2D eigenvalue weighted by Gasteiger charge is 2.18. The maximum Gasteiger partial charge on any atom is 0.262 e. The molecule has 0 unspecified atom stereocenters. The lowest BCUT2D eigenvalue weighted by atomic mass is 10.3. The molecule has 0 aliphatic carbocycles. The molecule has 4 rings (SSSR count). The quantitative estimate of drug-likeness (QED) is 0.693. The van der Waals surface area contributed by atoms with Crippen molar-refractivity contribution < 1.29 is 19.0 Å². The predicted octanol–water partition coefficient (Wildman–Crippen LogP) is 1.77. The van der Waals surface area contributed by atoms with E-state index in [1.807, 2.05) is 5.38 Å². The Bertz CT molecular complexity index is 1040. The van der Waals surface area contributed by atoms with E-state index in [-0.39, 0.29) is 18.3 Å². The number of carbonyl (C=O) groups excluding carboxylic acids is 1. The Morgan fingerprint density at radius 3 is 3.11 bits per heavy atom. The molecule has 1 aliphatic rings. The third-order valence-corrected chi connectivity index (χ3v) is 4.95. The number of amides is 1. The number of hydrogen-bond donors (Lipinski definition) is 1. The molecule has 0 saturated carbocycles.